The third kappa shape index (κ3) is 9.09. The van der Waals surface area contributed by atoms with Crippen LogP contribution in [0.4, 0.5) is 10.5 Å². The van der Waals surface area contributed by atoms with Gasteiger partial charge in [-0.2, -0.15) is 0 Å². The van der Waals surface area contributed by atoms with Gasteiger partial charge in [-0.25, -0.2) is 4.79 Å². The molecule has 56 heavy (non-hydrogen) atoms. The molecule has 0 aliphatic carbocycles. The molecule has 0 radical (unpaired) electrons. The fourth-order valence-corrected chi connectivity index (χ4v) is 7.71. The van der Waals surface area contributed by atoms with Crippen LogP contribution in [0, 0.1) is 5.92 Å². The Morgan fingerprint density at radius 3 is 2.52 bits per heavy atom. The highest BCUT2D eigenvalue weighted by Crippen LogP contribution is 2.33. The van der Waals surface area contributed by atoms with E-state index in [9.17, 15) is 24.6 Å². The van der Waals surface area contributed by atoms with E-state index in [0.29, 0.717) is 39.6 Å². The molecule has 14 heteroatoms. The van der Waals surface area contributed by atoms with E-state index in [0.717, 1.165) is 43.6 Å². The largest absolute Gasteiger partial charge is 0.506 e. The average molecular weight is 782 g/mol. The van der Waals surface area contributed by atoms with Gasteiger partial charge in [0, 0.05) is 42.7 Å². The molecule has 6 N–H and O–H groups in total. The van der Waals surface area contributed by atoms with Gasteiger partial charge in [-0.1, -0.05) is 60.1 Å². The van der Waals surface area contributed by atoms with Crippen LogP contribution < -0.4 is 31.0 Å². The highest BCUT2D eigenvalue weighted by Gasteiger charge is 2.37. The van der Waals surface area contributed by atoms with Gasteiger partial charge in [-0.05, 0) is 78.9 Å². The Kier molecular flexibility index (Phi) is 12.1. The number of piperidine rings is 3. The van der Waals surface area contributed by atoms with E-state index in [1.165, 1.54) is 19.2 Å². The first kappa shape index (κ1) is 38.7. The number of aliphatic hydroxyl groups excluding tert-OH is 1. The van der Waals surface area contributed by atoms with Crippen molar-refractivity contribution in [1.82, 2.24) is 20.5 Å². The number of nitrogens with zero attached hydrogens (tertiary/aromatic N) is 1. The number of phenols is 1. The third-order valence-electron chi connectivity index (χ3n) is 10.4. The SMILES string of the molecule is COc1cc(NC(=O)COc2cccc([C@@H](NC(=O)O[C@@H]3CN4CCC3CC4)c3ccccc3)c2)c(Cl)cc1CNC[C@H](O)c1ccc(O)c2[nH]c(=O)ccc12. The van der Waals surface area contributed by atoms with Gasteiger partial charge in [-0.15, -0.1) is 0 Å². The van der Waals surface area contributed by atoms with Crippen molar-refractivity contribution >= 4 is 40.2 Å². The number of fused-ring (bicyclic) bond motifs is 4. The van der Waals surface area contributed by atoms with Crippen molar-refractivity contribution in [3.8, 4) is 17.2 Å². The summed E-state index contributed by atoms with van der Waals surface area (Å²) in [6.07, 6.45) is 0.516. The first-order chi connectivity index (χ1) is 27.1. The number of pyridine rings is 1. The maximum atomic E-state index is 13.2. The number of phenolic OH excluding ortho intramolecular Hbond substituents is 1. The van der Waals surface area contributed by atoms with Crippen LogP contribution in [-0.4, -0.2) is 78.1 Å². The number of aromatic amines is 1. The summed E-state index contributed by atoms with van der Waals surface area (Å²) < 4.78 is 17.4. The molecule has 4 aromatic carbocycles. The number of alkyl carbamates (subject to hydrolysis) is 1. The molecule has 3 fully saturated rings. The van der Waals surface area contributed by atoms with E-state index in [1.807, 2.05) is 36.4 Å². The number of hydrogen-bond donors (Lipinski definition) is 6. The number of ether oxygens (including phenoxy) is 3. The van der Waals surface area contributed by atoms with Gasteiger partial charge in [-0.3, -0.25) is 14.5 Å². The summed E-state index contributed by atoms with van der Waals surface area (Å²) in [4.78, 5) is 43.0. The summed E-state index contributed by atoms with van der Waals surface area (Å²) in [6, 6.07) is 25.5. The zero-order valence-electron chi connectivity index (χ0n) is 30.8. The number of amides is 2. The van der Waals surface area contributed by atoms with E-state index in [-0.39, 0.29) is 47.6 Å². The monoisotopic (exact) mass is 781 g/mol. The van der Waals surface area contributed by atoms with E-state index in [1.54, 1.807) is 42.5 Å². The predicted molar refractivity (Wildman–Crippen MR) is 212 cm³/mol. The number of carbonyl (C=O) groups is 2. The maximum Gasteiger partial charge on any atom is 0.408 e. The van der Waals surface area contributed by atoms with Crippen LogP contribution in [-0.2, 0) is 16.1 Å². The lowest BCUT2D eigenvalue weighted by Gasteiger charge is -2.43. The number of aliphatic hydroxyl groups is 1. The number of anilines is 1. The van der Waals surface area contributed by atoms with Crippen LogP contribution in [0.15, 0.2) is 95.8 Å². The normalized spacial score (nSPS) is 18.5. The fraction of sp³-hybridized carbons (Fsp3) is 0.310. The summed E-state index contributed by atoms with van der Waals surface area (Å²) in [7, 11) is 1.50. The number of aromatic hydroxyl groups is 1. The Balaban J connectivity index is 0.954. The summed E-state index contributed by atoms with van der Waals surface area (Å²) in [5, 5.41) is 30.9. The van der Waals surface area contributed by atoms with Crippen LogP contribution in [0.2, 0.25) is 5.02 Å². The maximum absolute atomic E-state index is 13.2. The van der Waals surface area contributed by atoms with Crippen molar-refractivity contribution in [2.75, 3.05) is 45.2 Å². The van der Waals surface area contributed by atoms with Crippen molar-refractivity contribution in [3.63, 3.8) is 0 Å². The standard InChI is InChI=1S/C42H44ClN5O8/c1-54-36-20-33(32(43)19-28(36)21-44-22-35(50)30-10-12-34(49)41-31(30)11-13-38(51)46-41)45-39(52)24-55-29-9-5-8-27(18-29)40(26-6-3-2-4-7-26)47-42(53)56-37-23-48-16-14-25(37)15-17-48/h2-13,18-20,25,35,37,40,44,49-50H,14-17,21-24H2,1H3,(H,45,52)(H,46,51)(H,47,53)/t35-,37+,40-/m0/s1. The van der Waals surface area contributed by atoms with Gasteiger partial charge >= 0.3 is 6.09 Å². The van der Waals surface area contributed by atoms with Crippen molar-refractivity contribution in [3.05, 3.63) is 129 Å². The van der Waals surface area contributed by atoms with Crippen molar-refractivity contribution in [2.24, 2.45) is 5.92 Å². The Hall–Kier alpha value is -5.60. The van der Waals surface area contributed by atoms with Gasteiger partial charge in [0.05, 0.1) is 35.5 Å². The number of benzene rings is 4. The molecule has 3 saturated heterocycles. The first-order valence-electron chi connectivity index (χ1n) is 18.5. The Bertz CT molecular complexity index is 2240. The lowest BCUT2D eigenvalue weighted by atomic mass is 9.86. The fourth-order valence-electron chi connectivity index (χ4n) is 7.48. The van der Waals surface area contributed by atoms with Gasteiger partial charge < -0.3 is 45.4 Å². The summed E-state index contributed by atoms with van der Waals surface area (Å²) >= 11 is 6.60. The molecule has 2 amide bonds. The third-order valence-corrected chi connectivity index (χ3v) is 10.7. The van der Waals surface area contributed by atoms with Gasteiger partial charge in [0.25, 0.3) is 5.91 Å². The topological polar surface area (TPSA) is 174 Å². The number of halogens is 1. The minimum Gasteiger partial charge on any atom is -0.506 e. The smallest absolute Gasteiger partial charge is 0.408 e. The molecule has 0 unspecified atom stereocenters. The summed E-state index contributed by atoms with van der Waals surface area (Å²) in [5.74, 6) is 0.741. The van der Waals surface area contributed by atoms with E-state index in [2.05, 4.69) is 25.8 Å². The molecule has 13 nitrogen and oxygen atoms in total. The molecule has 1 aromatic heterocycles. The second-order valence-corrected chi connectivity index (χ2v) is 14.5. The second kappa shape index (κ2) is 17.5. The molecule has 0 spiro atoms. The summed E-state index contributed by atoms with van der Waals surface area (Å²) in [5.41, 5.74) is 3.07. The highest BCUT2D eigenvalue weighted by molar-refractivity contribution is 6.33. The Labute approximate surface area is 328 Å². The Morgan fingerprint density at radius 2 is 1.77 bits per heavy atom. The van der Waals surface area contributed by atoms with Crippen LogP contribution >= 0.6 is 11.6 Å². The van der Waals surface area contributed by atoms with Gasteiger partial charge in [0.2, 0.25) is 5.56 Å². The van der Waals surface area contributed by atoms with Gasteiger partial charge in [0.1, 0.15) is 23.4 Å². The minimum absolute atomic E-state index is 0.0893. The number of hydrogen-bond acceptors (Lipinski definition) is 10. The molecule has 3 atom stereocenters. The van der Waals surface area contributed by atoms with E-state index < -0.39 is 24.1 Å². The first-order valence-corrected chi connectivity index (χ1v) is 18.9. The van der Waals surface area contributed by atoms with Crippen molar-refractivity contribution in [2.45, 2.75) is 37.6 Å². The molecule has 292 valence electrons. The zero-order valence-corrected chi connectivity index (χ0v) is 31.6. The van der Waals surface area contributed by atoms with Crippen LogP contribution in [0.3, 0.4) is 0 Å². The van der Waals surface area contributed by atoms with E-state index in [4.69, 9.17) is 25.8 Å². The van der Waals surface area contributed by atoms with Gasteiger partial charge in [0.15, 0.2) is 6.61 Å². The van der Waals surface area contributed by atoms with Crippen LogP contribution in [0.25, 0.3) is 10.9 Å². The number of H-pyrrole nitrogens is 1. The molecule has 3 aliphatic rings. The summed E-state index contributed by atoms with van der Waals surface area (Å²) in [6.45, 7) is 2.97. The van der Waals surface area contributed by atoms with Crippen molar-refractivity contribution < 1.29 is 34.0 Å². The van der Waals surface area contributed by atoms with Crippen LogP contribution in [0.1, 0.15) is 47.2 Å². The number of nitrogens with one attached hydrogen (secondary N) is 4. The molecular formula is C42H44ClN5O8. The van der Waals surface area contributed by atoms with Crippen LogP contribution in [0.5, 0.6) is 17.2 Å². The minimum atomic E-state index is -0.957. The second-order valence-electron chi connectivity index (χ2n) is 14.1. The number of carbonyl (C=O) groups excluding carboxylic acids is 2. The molecule has 8 rings (SSSR count). The molecule has 0 saturated carbocycles. The quantitative estimate of drug-likeness (QED) is 0.0827. The predicted octanol–water partition coefficient (Wildman–Crippen LogP) is 5.65. The number of aromatic nitrogens is 1. The molecule has 2 bridgehead atoms. The number of rotatable bonds is 14. The lowest BCUT2D eigenvalue weighted by molar-refractivity contribution is -0.118. The van der Waals surface area contributed by atoms with Crippen molar-refractivity contribution in [1.29, 1.82) is 0 Å². The molecule has 5 aromatic rings. The molecule has 4 heterocycles. The number of methoxy groups -OCH3 is 1. The Morgan fingerprint density at radius 1 is 0.982 bits per heavy atom. The average Bonchev–Trinajstić information content (AvgIpc) is 3.21. The highest BCUT2D eigenvalue weighted by atomic mass is 35.5. The lowest BCUT2D eigenvalue weighted by Crippen LogP contribution is -2.52. The molecular weight excluding hydrogens is 738 g/mol. The zero-order chi connectivity index (χ0) is 39.2. The van der Waals surface area contributed by atoms with E-state index >= 15 is 0 Å². The molecule has 3 aliphatic heterocycles.